The van der Waals surface area contributed by atoms with Gasteiger partial charge in [0.1, 0.15) is 11.6 Å². The summed E-state index contributed by atoms with van der Waals surface area (Å²) in [4.78, 5) is 19.9. The van der Waals surface area contributed by atoms with E-state index in [0.717, 1.165) is 49.2 Å². The summed E-state index contributed by atoms with van der Waals surface area (Å²) in [5, 5.41) is 12.0. The van der Waals surface area contributed by atoms with Crippen molar-refractivity contribution < 1.29 is 27.1 Å². The highest BCUT2D eigenvalue weighted by atomic mass is 32.2. The third kappa shape index (κ3) is 7.52. The number of piperidine rings is 2. The molecule has 41 heavy (non-hydrogen) atoms. The number of carbonyl (C=O) groups excluding carboxylic acids is 1. The Morgan fingerprint density at radius 3 is 2.41 bits per heavy atom. The molecule has 1 unspecified atom stereocenters. The SMILES string of the molecule is CS(=O)(=O)Nc1ccc2[nH]cc(C3CCN(CC(O)C4CCN(C(=O)/C=C/c5cc(F)cc(F)c5)CC4)CC3)c2c1. The summed E-state index contributed by atoms with van der Waals surface area (Å²) in [6.07, 6.45) is 8.72. The van der Waals surface area contributed by atoms with E-state index >= 15 is 0 Å². The molecule has 2 fully saturated rings. The van der Waals surface area contributed by atoms with Crippen molar-refractivity contribution >= 4 is 38.6 Å². The van der Waals surface area contributed by atoms with E-state index in [9.17, 15) is 27.1 Å². The molecule has 0 saturated carbocycles. The first kappa shape index (κ1) is 29.2. The zero-order valence-corrected chi connectivity index (χ0v) is 23.8. The number of amides is 1. The first-order valence-corrected chi connectivity index (χ1v) is 15.9. The summed E-state index contributed by atoms with van der Waals surface area (Å²) in [7, 11) is -3.35. The molecule has 3 N–H and O–H groups in total. The Bertz CT molecular complexity index is 1500. The van der Waals surface area contributed by atoms with Crippen molar-refractivity contribution in [1.29, 1.82) is 0 Å². The minimum absolute atomic E-state index is 0.104. The van der Waals surface area contributed by atoms with E-state index in [0.29, 0.717) is 49.6 Å². The minimum atomic E-state index is -3.35. The minimum Gasteiger partial charge on any atom is -0.392 e. The number of H-pyrrole nitrogens is 1. The molecule has 1 atom stereocenters. The third-order valence-corrected chi connectivity index (χ3v) is 8.79. The number of benzene rings is 2. The standard InChI is InChI=1S/C30H36F2N4O4S/c1-41(39,40)34-25-3-4-28-26(17-25)27(18-33-28)21-6-10-35(11-7-21)19-29(37)22-8-12-36(13-9-22)30(38)5-2-20-14-23(31)16-24(32)15-20/h2-5,14-18,21-22,29,33-34,37H,6-13,19H2,1H3/b5-2+. The van der Waals surface area contributed by atoms with Crippen molar-refractivity contribution in [2.75, 3.05) is 43.7 Å². The molecular formula is C30H36F2N4O4S. The summed E-state index contributed by atoms with van der Waals surface area (Å²) in [5.74, 6) is -1.13. The lowest BCUT2D eigenvalue weighted by molar-refractivity contribution is -0.128. The lowest BCUT2D eigenvalue weighted by Crippen LogP contribution is -2.45. The van der Waals surface area contributed by atoms with Gasteiger partial charge in [-0.1, -0.05) is 0 Å². The summed E-state index contributed by atoms with van der Waals surface area (Å²) >= 11 is 0. The number of hydrogen-bond acceptors (Lipinski definition) is 5. The van der Waals surface area contributed by atoms with Gasteiger partial charge < -0.3 is 19.9 Å². The average molecular weight is 587 g/mol. The monoisotopic (exact) mass is 586 g/mol. The fraction of sp³-hybridized carbons (Fsp3) is 0.433. The number of anilines is 1. The molecule has 5 rings (SSSR count). The Kier molecular flexibility index (Phi) is 8.77. The molecule has 2 aromatic carbocycles. The average Bonchev–Trinajstić information content (AvgIpc) is 3.34. The predicted octanol–water partition coefficient (Wildman–Crippen LogP) is 4.31. The molecule has 0 spiro atoms. The molecule has 11 heteroatoms. The zero-order chi connectivity index (χ0) is 29.1. The van der Waals surface area contributed by atoms with Crippen LogP contribution in [0.2, 0.25) is 0 Å². The number of aromatic nitrogens is 1. The second kappa shape index (κ2) is 12.3. The van der Waals surface area contributed by atoms with Crippen LogP contribution in [0, 0.1) is 17.6 Å². The molecule has 3 aromatic rings. The first-order valence-electron chi connectivity index (χ1n) is 14.0. The number of fused-ring (bicyclic) bond motifs is 1. The van der Waals surface area contributed by atoms with Crippen molar-refractivity contribution in [2.24, 2.45) is 5.92 Å². The molecule has 2 aliphatic rings. The van der Waals surface area contributed by atoms with Gasteiger partial charge in [0.05, 0.1) is 12.4 Å². The van der Waals surface area contributed by atoms with Gasteiger partial charge in [-0.3, -0.25) is 9.52 Å². The van der Waals surface area contributed by atoms with Gasteiger partial charge in [0, 0.05) is 54.6 Å². The molecule has 8 nitrogen and oxygen atoms in total. The number of β-amino-alcohol motifs (C(OH)–C–C–N with tert-alkyl or cyclic N) is 1. The number of nitrogens with zero attached hydrogens (tertiary/aromatic N) is 2. The van der Waals surface area contributed by atoms with E-state index in [1.165, 1.54) is 29.8 Å². The number of aliphatic hydroxyl groups is 1. The van der Waals surface area contributed by atoms with Gasteiger partial charge in [-0.25, -0.2) is 17.2 Å². The lowest BCUT2D eigenvalue weighted by atomic mass is 9.87. The van der Waals surface area contributed by atoms with Crippen LogP contribution >= 0.6 is 0 Å². The van der Waals surface area contributed by atoms with E-state index in [4.69, 9.17) is 0 Å². The third-order valence-electron chi connectivity index (χ3n) is 8.19. The van der Waals surface area contributed by atoms with Crippen LogP contribution in [0.25, 0.3) is 17.0 Å². The highest BCUT2D eigenvalue weighted by molar-refractivity contribution is 7.92. The van der Waals surface area contributed by atoms with Crippen LogP contribution < -0.4 is 4.72 Å². The largest absolute Gasteiger partial charge is 0.392 e. The van der Waals surface area contributed by atoms with Crippen molar-refractivity contribution in [3.05, 3.63) is 71.4 Å². The van der Waals surface area contributed by atoms with Crippen LogP contribution in [0.1, 0.15) is 42.7 Å². The fourth-order valence-electron chi connectivity index (χ4n) is 6.05. The fourth-order valence-corrected chi connectivity index (χ4v) is 6.60. The van der Waals surface area contributed by atoms with Gasteiger partial charge in [-0.2, -0.15) is 0 Å². The number of nitrogens with one attached hydrogen (secondary N) is 2. The van der Waals surface area contributed by atoms with Crippen LogP contribution in [0.3, 0.4) is 0 Å². The van der Waals surface area contributed by atoms with Gasteiger partial charge in [-0.15, -0.1) is 0 Å². The number of sulfonamides is 1. The number of likely N-dealkylation sites (tertiary alicyclic amines) is 2. The van der Waals surface area contributed by atoms with Crippen LogP contribution in [0.4, 0.5) is 14.5 Å². The first-order chi connectivity index (χ1) is 19.5. The van der Waals surface area contributed by atoms with E-state index in [1.54, 1.807) is 11.0 Å². The Morgan fingerprint density at radius 2 is 1.76 bits per heavy atom. The van der Waals surface area contributed by atoms with Crippen molar-refractivity contribution in [3.8, 4) is 0 Å². The van der Waals surface area contributed by atoms with Crippen LogP contribution in [-0.4, -0.2) is 79.3 Å². The highest BCUT2D eigenvalue weighted by Gasteiger charge is 2.30. The molecule has 1 amide bonds. The normalized spacial score (nSPS) is 18.8. The molecular weight excluding hydrogens is 550 g/mol. The zero-order valence-electron chi connectivity index (χ0n) is 23.0. The smallest absolute Gasteiger partial charge is 0.246 e. The van der Waals surface area contributed by atoms with Crippen molar-refractivity contribution in [1.82, 2.24) is 14.8 Å². The number of carbonyl (C=O) groups is 1. The second-order valence-electron chi connectivity index (χ2n) is 11.2. The molecule has 0 aliphatic carbocycles. The van der Waals surface area contributed by atoms with Gasteiger partial charge in [0.2, 0.25) is 15.9 Å². The maximum absolute atomic E-state index is 13.4. The van der Waals surface area contributed by atoms with E-state index in [1.807, 2.05) is 18.3 Å². The summed E-state index contributed by atoms with van der Waals surface area (Å²) in [6, 6.07) is 8.66. The van der Waals surface area contributed by atoms with Crippen LogP contribution in [-0.2, 0) is 14.8 Å². The van der Waals surface area contributed by atoms with Crippen molar-refractivity contribution in [3.63, 3.8) is 0 Å². The predicted molar refractivity (Wildman–Crippen MR) is 156 cm³/mol. The van der Waals surface area contributed by atoms with Crippen molar-refractivity contribution in [2.45, 2.75) is 37.7 Å². The van der Waals surface area contributed by atoms with Gasteiger partial charge in [-0.05, 0) is 98.1 Å². The molecule has 3 heterocycles. The lowest BCUT2D eigenvalue weighted by Gasteiger charge is -2.37. The molecule has 0 bridgehead atoms. The number of aromatic amines is 1. The maximum atomic E-state index is 13.4. The number of aliphatic hydroxyl groups excluding tert-OH is 1. The number of rotatable bonds is 8. The molecule has 0 radical (unpaired) electrons. The molecule has 1 aromatic heterocycles. The molecule has 2 aliphatic heterocycles. The molecule has 220 valence electrons. The summed E-state index contributed by atoms with van der Waals surface area (Å²) in [6.45, 7) is 3.37. The van der Waals surface area contributed by atoms with E-state index in [-0.39, 0.29) is 11.8 Å². The molecule has 2 saturated heterocycles. The van der Waals surface area contributed by atoms with Gasteiger partial charge in [0.15, 0.2) is 0 Å². The van der Waals surface area contributed by atoms with Gasteiger partial charge in [0.25, 0.3) is 0 Å². The highest BCUT2D eigenvalue weighted by Crippen LogP contribution is 2.35. The quantitative estimate of drug-likeness (QED) is 0.341. The van der Waals surface area contributed by atoms with E-state index < -0.39 is 27.8 Å². The van der Waals surface area contributed by atoms with E-state index in [2.05, 4.69) is 14.6 Å². The Morgan fingerprint density at radius 1 is 1.07 bits per heavy atom. The Hall–Kier alpha value is -3.28. The Balaban J connectivity index is 1.09. The summed E-state index contributed by atoms with van der Waals surface area (Å²) in [5.41, 5.74) is 3.00. The van der Waals surface area contributed by atoms with Crippen LogP contribution in [0.15, 0.2) is 48.7 Å². The van der Waals surface area contributed by atoms with Gasteiger partial charge >= 0.3 is 0 Å². The topological polar surface area (TPSA) is 106 Å². The number of halogens is 2. The summed E-state index contributed by atoms with van der Waals surface area (Å²) < 4.78 is 52.6. The second-order valence-corrected chi connectivity index (χ2v) is 13.0. The van der Waals surface area contributed by atoms with Crippen LogP contribution in [0.5, 0.6) is 0 Å². The number of hydrogen-bond donors (Lipinski definition) is 3. The maximum Gasteiger partial charge on any atom is 0.246 e. The Labute approximate surface area is 239 Å².